The third-order valence-corrected chi connectivity index (χ3v) is 5.93. The third kappa shape index (κ3) is 4.46. The lowest BCUT2D eigenvalue weighted by Crippen LogP contribution is -2.44. The van der Waals surface area contributed by atoms with Gasteiger partial charge in [0.15, 0.2) is 0 Å². The first kappa shape index (κ1) is 21.1. The van der Waals surface area contributed by atoms with Gasteiger partial charge in [-0.1, -0.05) is 23.8 Å². The van der Waals surface area contributed by atoms with Crippen molar-refractivity contribution in [2.75, 3.05) is 50.0 Å². The summed E-state index contributed by atoms with van der Waals surface area (Å²) < 4.78 is 0. The number of carbonyl (C=O) groups excluding carboxylic acids is 3. The number of amides is 3. The van der Waals surface area contributed by atoms with Gasteiger partial charge in [-0.2, -0.15) is 0 Å². The first-order valence-corrected chi connectivity index (χ1v) is 10.7. The number of aryl methyl sites for hydroxylation is 1. The van der Waals surface area contributed by atoms with Crippen molar-refractivity contribution in [1.29, 1.82) is 0 Å². The zero-order valence-electron chi connectivity index (χ0n) is 18.1. The highest BCUT2D eigenvalue weighted by molar-refractivity contribution is 6.21. The van der Waals surface area contributed by atoms with E-state index in [0.717, 1.165) is 43.1 Å². The molecule has 7 heteroatoms. The largest absolute Gasteiger partial charge is 0.367 e. The van der Waals surface area contributed by atoms with Gasteiger partial charge >= 0.3 is 0 Å². The van der Waals surface area contributed by atoms with Crippen LogP contribution in [0.1, 0.15) is 39.1 Å². The van der Waals surface area contributed by atoms with Crippen LogP contribution in [0.4, 0.5) is 11.4 Å². The molecule has 3 amide bonds. The van der Waals surface area contributed by atoms with Crippen molar-refractivity contribution in [3.8, 4) is 0 Å². The minimum atomic E-state index is -0.277. The molecule has 4 rings (SSSR count). The third-order valence-electron chi connectivity index (χ3n) is 5.93. The lowest BCUT2D eigenvalue weighted by molar-refractivity contribution is -0.116. The van der Waals surface area contributed by atoms with Crippen molar-refractivity contribution >= 4 is 29.1 Å². The number of fused-ring (bicyclic) bond motifs is 1. The smallest absolute Gasteiger partial charge is 0.261 e. The molecule has 2 aliphatic heterocycles. The summed E-state index contributed by atoms with van der Waals surface area (Å²) in [6.07, 6.45) is 0.663. The summed E-state index contributed by atoms with van der Waals surface area (Å²) >= 11 is 0. The number of hydrogen-bond acceptors (Lipinski definition) is 5. The Balaban J connectivity index is 1.33. The molecule has 0 bridgehead atoms. The highest BCUT2D eigenvalue weighted by Crippen LogP contribution is 2.27. The van der Waals surface area contributed by atoms with Gasteiger partial charge in [0.2, 0.25) is 5.91 Å². The summed E-state index contributed by atoms with van der Waals surface area (Å²) in [5.41, 5.74) is 3.67. The van der Waals surface area contributed by atoms with Crippen LogP contribution < -0.4 is 10.2 Å². The van der Waals surface area contributed by atoms with Gasteiger partial charge in [-0.3, -0.25) is 19.3 Å². The minimum Gasteiger partial charge on any atom is -0.367 e. The van der Waals surface area contributed by atoms with Crippen molar-refractivity contribution in [3.05, 3.63) is 59.2 Å². The molecule has 2 aromatic rings. The molecule has 0 atom stereocenters. The quantitative estimate of drug-likeness (QED) is 0.728. The second-order valence-electron chi connectivity index (χ2n) is 8.27. The van der Waals surface area contributed by atoms with E-state index in [-0.39, 0.29) is 30.7 Å². The van der Waals surface area contributed by atoms with Crippen LogP contribution in [0.2, 0.25) is 0 Å². The molecule has 0 aromatic heterocycles. The molecular weight excluding hydrogens is 392 g/mol. The summed E-state index contributed by atoms with van der Waals surface area (Å²) in [6, 6.07) is 13.1. The van der Waals surface area contributed by atoms with Gasteiger partial charge in [0.25, 0.3) is 11.8 Å². The summed E-state index contributed by atoms with van der Waals surface area (Å²) in [6.45, 7) is 5.94. The van der Waals surface area contributed by atoms with Crippen LogP contribution in [0.3, 0.4) is 0 Å². The fourth-order valence-electron chi connectivity index (χ4n) is 4.12. The number of rotatable bonds is 6. The van der Waals surface area contributed by atoms with E-state index in [0.29, 0.717) is 17.5 Å². The van der Waals surface area contributed by atoms with E-state index in [1.807, 2.05) is 37.3 Å². The zero-order valence-corrected chi connectivity index (χ0v) is 18.1. The Bertz CT molecular complexity index is 1010. The molecule has 0 unspecified atom stereocenters. The number of piperazine rings is 1. The molecule has 1 fully saturated rings. The molecular formula is C24H28N4O3. The van der Waals surface area contributed by atoms with Gasteiger partial charge in [-0.25, -0.2) is 0 Å². The maximum atomic E-state index is 12.6. The molecule has 0 aliphatic carbocycles. The lowest BCUT2D eigenvalue weighted by Gasteiger charge is -2.35. The van der Waals surface area contributed by atoms with E-state index in [2.05, 4.69) is 22.2 Å². The van der Waals surface area contributed by atoms with Crippen molar-refractivity contribution in [1.82, 2.24) is 9.80 Å². The molecule has 2 heterocycles. The monoisotopic (exact) mass is 420 g/mol. The Kier molecular flexibility index (Phi) is 6.04. The van der Waals surface area contributed by atoms with Crippen molar-refractivity contribution < 1.29 is 14.4 Å². The average Bonchev–Trinajstić information content (AvgIpc) is 2.99. The van der Waals surface area contributed by atoms with Crippen LogP contribution in [0.25, 0.3) is 0 Å². The summed E-state index contributed by atoms with van der Waals surface area (Å²) in [4.78, 5) is 43.5. The fourth-order valence-corrected chi connectivity index (χ4v) is 4.12. The van der Waals surface area contributed by atoms with Crippen molar-refractivity contribution in [2.24, 2.45) is 0 Å². The van der Waals surface area contributed by atoms with Gasteiger partial charge in [-0.15, -0.1) is 0 Å². The van der Waals surface area contributed by atoms with E-state index in [1.165, 1.54) is 4.90 Å². The zero-order chi connectivity index (χ0) is 22.0. The van der Waals surface area contributed by atoms with Gasteiger partial charge in [0, 0.05) is 39.1 Å². The van der Waals surface area contributed by atoms with E-state index >= 15 is 0 Å². The molecule has 0 saturated carbocycles. The molecule has 1 N–H and O–H groups in total. The number of carbonyl (C=O) groups is 3. The highest BCUT2D eigenvalue weighted by atomic mass is 16.2. The van der Waals surface area contributed by atoms with Crippen LogP contribution in [0.5, 0.6) is 0 Å². The first-order chi connectivity index (χ1) is 14.9. The van der Waals surface area contributed by atoms with E-state index in [9.17, 15) is 14.4 Å². The number of nitrogens with one attached hydrogen (secondary N) is 1. The van der Waals surface area contributed by atoms with Crippen LogP contribution >= 0.6 is 0 Å². The second-order valence-corrected chi connectivity index (χ2v) is 8.27. The Morgan fingerprint density at radius 3 is 2.45 bits per heavy atom. The summed E-state index contributed by atoms with van der Waals surface area (Å²) in [7, 11) is 2.11. The van der Waals surface area contributed by atoms with Crippen molar-refractivity contribution in [2.45, 2.75) is 19.8 Å². The van der Waals surface area contributed by atoms with Gasteiger partial charge < -0.3 is 15.1 Å². The number of nitrogens with zero attached hydrogens (tertiary/aromatic N) is 3. The van der Waals surface area contributed by atoms with Crippen molar-refractivity contribution in [3.63, 3.8) is 0 Å². The normalized spacial score (nSPS) is 16.6. The molecule has 2 aromatic carbocycles. The number of anilines is 2. The standard InChI is InChI=1S/C24H28N4O3/c1-17-9-10-18-19(16-17)24(31)28(23(18)30)11-5-8-22(29)25-20-6-3-4-7-21(20)27-14-12-26(2)13-15-27/h3-4,6-7,9-10,16H,5,8,11-15H2,1-2H3,(H,25,29). The van der Waals surface area contributed by atoms with Crippen LogP contribution in [0.15, 0.2) is 42.5 Å². The van der Waals surface area contributed by atoms with E-state index in [1.54, 1.807) is 12.1 Å². The molecule has 162 valence electrons. The molecule has 7 nitrogen and oxygen atoms in total. The Labute approximate surface area is 182 Å². The molecule has 2 aliphatic rings. The van der Waals surface area contributed by atoms with Gasteiger partial charge in [-0.05, 0) is 44.7 Å². The summed E-state index contributed by atoms with van der Waals surface area (Å²) in [5.74, 6) is -0.667. The summed E-state index contributed by atoms with van der Waals surface area (Å²) in [5, 5.41) is 3.01. The number of hydrogen-bond donors (Lipinski definition) is 1. The number of likely N-dealkylation sites (N-methyl/N-ethyl adjacent to an activating group) is 1. The maximum absolute atomic E-state index is 12.6. The lowest BCUT2D eigenvalue weighted by atomic mass is 10.1. The Morgan fingerprint density at radius 1 is 0.968 bits per heavy atom. The molecule has 1 saturated heterocycles. The predicted molar refractivity (Wildman–Crippen MR) is 121 cm³/mol. The van der Waals surface area contributed by atoms with E-state index < -0.39 is 0 Å². The Morgan fingerprint density at radius 2 is 1.68 bits per heavy atom. The SMILES string of the molecule is Cc1ccc2c(c1)C(=O)N(CCCC(=O)Nc1ccccc1N1CCN(C)CC1)C2=O. The molecule has 0 spiro atoms. The number of imide groups is 1. The van der Waals surface area contributed by atoms with Crippen LogP contribution in [0, 0.1) is 6.92 Å². The Hall–Kier alpha value is -3.19. The van der Waals surface area contributed by atoms with Gasteiger partial charge in [0.1, 0.15) is 0 Å². The average molecular weight is 421 g/mol. The minimum absolute atomic E-state index is 0.117. The highest BCUT2D eigenvalue weighted by Gasteiger charge is 2.35. The molecule has 0 radical (unpaired) electrons. The van der Waals surface area contributed by atoms with Crippen LogP contribution in [-0.2, 0) is 4.79 Å². The topological polar surface area (TPSA) is 73.0 Å². The predicted octanol–water partition coefficient (Wildman–Crippen LogP) is 2.76. The van der Waals surface area contributed by atoms with Gasteiger partial charge in [0.05, 0.1) is 22.5 Å². The second kappa shape index (κ2) is 8.89. The fraction of sp³-hybridized carbons (Fsp3) is 0.375. The molecule has 31 heavy (non-hydrogen) atoms. The van der Waals surface area contributed by atoms with Crippen LogP contribution in [-0.4, -0.2) is 67.3 Å². The number of benzene rings is 2. The van der Waals surface area contributed by atoms with E-state index in [4.69, 9.17) is 0 Å². The maximum Gasteiger partial charge on any atom is 0.261 e. The number of para-hydroxylation sites is 2. The first-order valence-electron chi connectivity index (χ1n) is 10.7.